The molecule has 0 aliphatic heterocycles. The van der Waals surface area contributed by atoms with Gasteiger partial charge >= 0.3 is 0 Å². The third-order valence-corrected chi connectivity index (χ3v) is 0.585. The Morgan fingerprint density at radius 2 is 1.90 bits per heavy atom. The fraction of sp³-hybridized carbons (Fsp3) is 0.250. The topological polar surface area (TPSA) is 115 Å². The average Bonchev–Trinajstić information content (AvgIpc) is 1.85. The molecule has 0 atom stereocenters. The number of hydrazone groups is 1. The van der Waals surface area contributed by atoms with E-state index in [4.69, 9.17) is 17.3 Å². The number of hydrogen-bond acceptors (Lipinski definition) is 4. The second-order valence-corrected chi connectivity index (χ2v) is 1.54. The Kier molecular flexibility index (Phi) is 3.62. The molecule has 6 heteroatoms. The summed E-state index contributed by atoms with van der Waals surface area (Å²) in [4.78, 5) is 0. The average molecular weight is 142 g/mol. The molecule has 0 fully saturated rings. The smallest absolute Gasteiger partial charge is 0.211 e. The van der Waals surface area contributed by atoms with Crippen molar-refractivity contribution in [1.82, 2.24) is 0 Å². The van der Waals surface area contributed by atoms with Crippen molar-refractivity contribution in [3.8, 4) is 0 Å². The van der Waals surface area contributed by atoms with Crippen LogP contribution in [-0.2, 0) is 0 Å². The summed E-state index contributed by atoms with van der Waals surface area (Å²) in [5.74, 6) is 4.72. The first-order valence-corrected chi connectivity index (χ1v) is 2.53. The molecule has 0 bridgehead atoms. The van der Waals surface area contributed by atoms with E-state index in [1.807, 2.05) is 0 Å². The van der Waals surface area contributed by atoms with Crippen molar-refractivity contribution in [3.05, 3.63) is 0 Å². The van der Waals surface area contributed by atoms with Gasteiger partial charge in [0, 0.05) is 0 Å². The van der Waals surface area contributed by atoms with Crippen LogP contribution in [0.2, 0.25) is 0 Å². The van der Waals surface area contributed by atoms with Gasteiger partial charge in [0.05, 0.1) is 11.9 Å². The van der Waals surface area contributed by atoms with Gasteiger partial charge in [0.15, 0.2) is 0 Å². The highest BCUT2D eigenvalue weighted by Gasteiger charge is 1.81. The lowest BCUT2D eigenvalue weighted by atomic mass is 10.5. The molecule has 0 saturated carbocycles. The van der Waals surface area contributed by atoms with Crippen LogP contribution in [0, 0.1) is 0 Å². The standard InChI is InChI=1S/C4H10N6/c1-3(2-8-7)9-10-4(5)6/h2H,7H2,1H3,(H4,5,6,10)/b8-2+,9-3-. The SMILES string of the molecule is CC(/C=N/N)=N/N=C(N)N. The van der Waals surface area contributed by atoms with Gasteiger partial charge in [-0.25, -0.2) is 0 Å². The highest BCUT2D eigenvalue weighted by atomic mass is 15.3. The van der Waals surface area contributed by atoms with Gasteiger partial charge in [0.2, 0.25) is 5.96 Å². The molecule has 0 heterocycles. The van der Waals surface area contributed by atoms with Crippen LogP contribution in [0.5, 0.6) is 0 Å². The summed E-state index contributed by atoms with van der Waals surface area (Å²) in [6, 6.07) is 0. The predicted octanol–water partition coefficient (Wildman–Crippen LogP) is -1.42. The maximum absolute atomic E-state index is 4.98. The maximum atomic E-state index is 4.98. The van der Waals surface area contributed by atoms with Crippen LogP contribution in [0.15, 0.2) is 15.3 Å². The van der Waals surface area contributed by atoms with Gasteiger partial charge in [0.25, 0.3) is 0 Å². The van der Waals surface area contributed by atoms with Crippen LogP contribution < -0.4 is 17.3 Å². The Hall–Kier alpha value is -1.59. The van der Waals surface area contributed by atoms with Gasteiger partial charge in [-0.1, -0.05) is 0 Å². The first kappa shape index (κ1) is 8.41. The van der Waals surface area contributed by atoms with Gasteiger partial charge in [0.1, 0.15) is 0 Å². The molecule has 0 aromatic rings. The first-order valence-electron chi connectivity index (χ1n) is 2.53. The summed E-state index contributed by atoms with van der Waals surface area (Å²) in [5.41, 5.74) is 10.5. The molecule has 0 aliphatic rings. The summed E-state index contributed by atoms with van der Waals surface area (Å²) < 4.78 is 0. The van der Waals surface area contributed by atoms with Gasteiger partial charge in [-0.2, -0.15) is 10.2 Å². The van der Waals surface area contributed by atoms with E-state index < -0.39 is 0 Å². The quantitative estimate of drug-likeness (QED) is 0.190. The molecule has 0 aromatic carbocycles. The Bertz CT molecular complexity index is 174. The lowest BCUT2D eigenvalue weighted by Crippen LogP contribution is -2.22. The van der Waals surface area contributed by atoms with Crippen LogP contribution in [0.4, 0.5) is 0 Å². The van der Waals surface area contributed by atoms with Gasteiger partial charge in [-0.3, -0.25) is 0 Å². The maximum Gasteiger partial charge on any atom is 0.211 e. The van der Waals surface area contributed by atoms with Crippen molar-refractivity contribution in [2.45, 2.75) is 6.92 Å². The molecule has 0 unspecified atom stereocenters. The van der Waals surface area contributed by atoms with Crippen LogP contribution in [0.1, 0.15) is 6.92 Å². The van der Waals surface area contributed by atoms with Crippen LogP contribution in [0.3, 0.4) is 0 Å². The molecule has 6 nitrogen and oxygen atoms in total. The van der Waals surface area contributed by atoms with Crippen LogP contribution in [-0.4, -0.2) is 17.9 Å². The van der Waals surface area contributed by atoms with Crippen molar-refractivity contribution in [3.63, 3.8) is 0 Å². The summed E-state index contributed by atoms with van der Waals surface area (Å²) in [5, 5.41) is 10.1. The highest BCUT2D eigenvalue weighted by Crippen LogP contribution is 1.73. The predicted molar refractivity (Wildman–Crippen MR) is 41.6 cm³/mol. The molecule has 0 aliphatic carbocycles. The molecule has 0 saturated heterocycles. The van der Waals surface area contributed by atoms with E-state index in [1.165, 1.54) is 6.21 Å². The Labute approximate surface area is 58.5 Å². The van der Waals surface area contributed by atoms with Crippen molar-refractivity contribution in [2.75, 3.05) is 0 Å². The van der Waals surface area contributed by atoms with Gasteiger partial charge in [-0.05, 0) is 6.92 Å². The largest absolute Gasteiger partial charge is 0.369 e. The Morgan fingerprint density at radius 3 is 2.30 bits per heavy atom. The third-order valence-electron chi connectivity index (χ3n) is 0.585. The van der Waals surface area contributed by atoms with Crippen LogP contribution in [0.25, 0.3) is 0 Å². The summed E-state index contributed by atoms with van der Waals surface area (Å²) in [7, 11) is 0. The van der Waals surface area contributed by atoms with E-state index in [9.17, 15) is 0 Å². The number of nitrogens with two attached hydrogens (primary N) is 3. The molecule has 6 N–H and O–H groups in total. The molecule has 0 amide bonds. The fourth-order valence-corrected chi connectivity index (χ4v) is 0.270. The second-order valence-electron chi connectivity index (χ2n) is 1.54. The Balaban J connectivity index is 4.05. The van der Waals surface area contributed by atoms with Crippen molar-refractivity contribution < 1.29 is 0 Å². The van der Waals surface area contributed by atoms with Gasteiger partial charge in [-0.15, -0.1) is 5.10 Å². The Morgan fingerprint density at radius 1 is 1.30 bits per heavy atom. The lowest BCUT2D eigenvalue weighted by Gasteiger charge is -1.85. The second kappa shape index (κ2) is 4.30. The number of nitrogens with zero attached hydrogens (tertiary/aromatic N) is 3. The minimum atomic E-state index is -0.0928. The van der Waals surface area contributed by atoms with E-state index in [-0.39, 0.29) is 5.96 Å². The van der Waals surface area contributed by atoms with Crippen molar-refractivity contribution >= 4 is 17.9 Å². The molecule has 56 valence electrons. The molecule has 0 rings (SSSR count). The molecular formula is C4H10N6. The molecule has 10 heavy (non-hydrogen) atoms. The number of rotatable bonds is 2. The molecule has 0 aromatic heterocycles. The van der Waals surface area contributed by atoms with Gasteiger partial charge < -0.3 is 17.3 Å². The highest BCUT2D eigenvalue weighted by molar-refractivity contribution is 6.29. The van der Waals surface area contributed by atoms with Crippen LogP contribution >= 0.6 is 0 Å². The summed E-state index contributed by atoms with van der Waals surface area (Å²) >= 11 is 0. The van der Waals surface area contributed by atoms with Crippen molar-refractivity contribution in [1.29, 1.82) is 0 Å². The molecule has 0 radical (unpaired) electrons. The first-order chi connectivity index (χ1) is 4.66. The van der Waals surface area contributed by atoms with E-state index >= 15 is 0 Å². The summed E-state index contributed by atoms with van der Waals surface area (Å²) in [6.45, 7) is 1.67. The minimum absolute atomic E-state index is 0.0928. The zero-order chi connectivity index (χ0) is 7.98. The number of guanidine groups is 1. The van der Waals surface area contributed by atoms with E-state index in [1.54, 1.807) is 6.92 Å². The zero-order valence-corrected chi connectivity index (χ0v) is 5.65. The normalized spacial score (nSPS) is 11.9. The van der Waals surface area contributed by atoms with E-state index in [2.05, 4.69) is 15.3 Å². The fourth-order valence-electron chi connectivity index (χ4n) is 0.270. The van der Waals surface area contributed by atoms with E-state index in [0.29, 0.717) is 5.71 Å². The summed E-state index contributed by atoms with van der Waals surface area (Å²) in [6.07, 6.45) is 1.34. The molecule has 0 spiro atoms. The molecular weight excluding hydrogens is 132 g/mol. The zero-order valence-electron chi connectivity index (χ0n) is 5.65. The monoisotopic (exact) mass is 142 g/mol. The minimum Gasteiger partial charge on any atom is -0.369 e. The van der Waals surface area contributed by atoms with Crippen molar-refractivity contribution in [2.24, 2.45) is 32.6 Å². The van der Waals surface area contributed by atoms with E-state index in [0.717, 1.165) is 0 Å². The number of hydrogen-bond donors (Lipinski definition) is 3. The lowest BCUT2D eigenvalue weighted by molar-refractivity contribution is 1.20. The third kappa shape index (κ3) is 4.57.